The van der Waals surface area contributed by atoms with Gasteiger partial charge in [-0.25, -0.2) is 0 Å². The van der Waals surface area contributed by atoms with Gasteiger partial charge in [-0.15, -0.1) is 0 Å². The minimum atomic E-state index is -0.291. The van der Waals surface area contributed by atoms with Crippen LogP contribution in [0.4, 0.5) is 0 Å². The summed E-state index contributed by atoms with van der Waals surface area (Å²) in [6, 6.07) is 11.2. The Morgan fingerprint density at radius 1 is 0.591 bits per heavy atom. The molecule has 0 aliphatic rings. The zero-order valence-electron chi connectivity index (χ0n) is 12.1. The lowest BCUT2D eigenvalue weighted by atomic mass is 10.0. The highest BCUT2D eigenvalue weighted by molar-refractivity contribution is 5.32. The molecule has 3 rings (SSSR count). The van der Waals surface area contributed by atoms with Gasteiger partial charge in [-0.1, -0.05) is 0 Å². The average molecular weight is 301 g/mol. The van der Waals surface area contributed by atoms with Crippen LogP contribution in [0.5, 0.6) is 0 Å². The van der Waals surface area contributed by atoms with Crippen LogP contribution in [0.2, 0.25) is 0 Å². The van der Waals surface area contributed by atoms with Crippen LogP contribution in [0.15, 0.2) is 49.6 Å². The molecule has 0 amide bonds. The highest BCUT2D eigenvalue weighted by atomic mass is 16.4. The summed E-state index contributed by atoms with van der Waals surface area (Å²) in [5.41, 5.74) is 16.9. The second kappa shape index (κ2) is 6.23. The predicted octanol–water partition coefficient (Wildman–Crippen LogP) is 2.02. The van der Waals surface area contributed by atoms with Crippen molar-refractivity contribution >= 4 is 0 Å². The molecule has 0 aromatic carbocycles. The molecule has 0 bridgehead atoms. The van der Waals surface area contributed by atoms with Crippen LogP contribution >= 0.6 is 0 Å². The summed E-state index contributed by atoms with van der Waals surface area (Å²) in [5.74, 6) is 3.94. The van der Waals surface area contributed by atoms with Crippen molar-refractivity contribution in [3.63, 3.8) is 0 Å². The Hall–Kier alpha value is -2.28. The third-order valence-electron chi connectivity index (χ3n) is 3.50. The molecule has 0 radical (unpaired) electrons. The van der Waals surface area contributed by atoms with Crippen LogP contribution in [0.3, 0.4) is 0 Å². The fourth-order valence-electron chi connectivity index (χ4n) is 2.40. The molecule has 0 saturated heterocycles. The van der Waals surface area contributed by atoms with E-state index in [1.54, 1.807) is 0 Å². The number of furan rings is 3. The minimum absolute atomic E-state index is 0.291. The van der Waals surface area contributed by atoms with Gasteiger partial charge in [-0.2, -0.15) is 0 Å². The monoisotopic (exact) mass is 301 g/mol. The highest BCUT2D eigenvalue weighted by Gasteiger charge is 2.26. The quantitative estimate of drug-likeness (QED) is 0.641. The lowest BCUT2D eigenvalue weighted by Crippen LogP contribution is -2.01. The van der Waals surface area contributed by atoms with E-state index in [9.17, 15) is 0 Å². The van der Waals surface area contributed by atoms with Gasteiger partial charge in [0.25, 0.3) is 0 Å². The molecule has 3 aromatic heterocycles. The van der Waals surface area contributed by atoms with Gasteiger partial charge < -0.3 is 30.5 Å². The molecule has 0 saturated carbocycles. The molecule has 0 atom stereocenters. The maximum atomic E-state index is 5.78. The molecule has 0 fully saturated rings. The molecule has 0 aliphatic carbocycles. The van der Waals surface area contributed by atoms with E-state index in [-0.39, 0.29) is 5.92 Å². The maximum Gasteiger partial charge on any atom is 0.133 e. The summed E-state index contributed by atoms with van der Waals surface area (Å²) in [6.45, 7) is 1.02. The molecular formula is C16H19N3O3. The molecule has 116 valence electrons. The molecule has 3 aromatic rings. The van der Waals surface area contributed by atoms with E-state index in [0.29, 0.717) is 54.2 Å². The van der Waals surface area contributed by atoms with Gasteiger partial charge in [-0.05, 0) is 36.4 Å². The van der Waals surface area contributed by atoms with Crippen molar-refractivity contribution in [2.45, 2.75) is 25.6 Å². The maximum absolute atomic E-state index is 5.78. The molecule has 6 heteroatoms. The van der Waals surface area contributed by atoms with Gasteiger partial charge in [0, 0.05) is 0 Å². The molecule has 3 heterocycles. The lowest BCUT2D eigenvalue weighted by Gasteiger charge is -2.09. The molecule has 0 unspecified atom stereocenters. The predicted molar refractivity (Wildman–Crippen MR) is 80.7 cm³/mol. The second-order valence-electron chi connectivity index (χ2n) is 4.96. The van der Waals surface area contributed by atoms with Crippen molar-refractivity contribution in [2.75, 3.05) is 0 Å². The van der Waals surface area contributed by atoms with E-state index in [1.165, 1.54) is 0 Å². The van der Waals surface area contributed by atoms with Gasteiger partial charge in [0.1, 0.15) is 40.5 Å². The normalized spacial score (nSPS) is 11.5. The number of rotatable bonds is 6. The van der Waals surface area contributed by atoms with Crippen LogP contribution < -0.4 is 17.2 Å². The molecule has 0 aliphatic heterocycles. The Labute approximate surface area is 127 Å². The first-order valence-corrected chi connectivity index (χ1v) is 7.11. The first kappa shape index (κ1) is 14.6. The fraction of sp³-hybridized carbons (Fsp3) is 0.250. The molecule has 6 nitrogen and oxygen atoms in total. The Morgan fingerprint density at radius 2 is 0.909 bits per heavy atom. The third-order valence-corrected chi connectivity index (χ3v) is 3.50. The van der Waals surface area contributed by atoms with E-state index >= 15 is 0 Å². The zero-order valence-corrected chi connectivity index (χ0v) is 12.1. The summed E-state index contributed by atoms with van der Waals surface area (Å²) in [4.78, 5) is 0. The minimum Gasteiger partial charge on any atom is -0.463 e. The van der Waals surface area contributed by atoms with Crippen LogP contribution in [0.25, 0.3) is 0 Å². The van der Waals surface area contributed by atoms with Crippen molar-refractivity contribution in [1.82, 2.24) is 0 Å². The summed E-state index contributed by atoms with van der Waals surface area (Å²) >= 11 is 0. The van der Waals surface area contributed by atoms with Crippen LogP contribution in [0, 0.1) is 0 Å². The highest BCUT2D eigenvalue weighted by Crippen LogP contribution is 2.35. The topological polar surface area (TPSA) is 117 Å². The van der Waals surface area contributed by atoms with Gasteiger partial charge in [0.15, 0.2) is 0 Å². The smallest absolute Gasteiger partial charge is 0.133 e. The third kappa shape index (κ3) is 2.71. The Morgan fingerprint density at radius 3 is 1.14 bits per heavy atom. The second-order valence-corrected chi connectivity index (χ2v) is 4.96. The van der Waals surface area contributed by atoms with Gasteiger partial charge in [-0.3, -0.25) is 0 Å². The van der Waals surface area contributed by atoms with E-state index in [2.05, 4.69) is 0 Å². The van der Waals surface area contributed by atoms with Crippen molar-refractivity contribution in [2.24, 2.45) is 17.2 Å². The summed E-state index contributed by atoms with van der Waals surface area (Å²) < 4.78 is 17.3. The number of hydrogen-bond acceptors (Lipinski definition) is 6. The van der Waals surface area contributed by atoms with E-state index in [4.69, 9.17) is 30.5 Å². The van der Waals surface area contributed by atoms with E-state index in [1.807, 2.05) is 36.4 Å². The molecule has 22 heavy (non-hydrogen) atoms. The van der Waals surface area contributed by atoms with Gasteiger partial charge >= 0.3 is 0 Å². The first-order chi connectivity index (χ1) is 10.7. The standard InChI is InChI=1S/C16H19N3O3/c17-7-10-1-4-13(20-10)16(14-5-2-11(8-18)21-14)15-6-3-12(9-19)22-15/h1-6,16H,7-9,17-19H2. The SMILES string of the molecule is NCc1ccc(C(c2ccc(CN)o2)c2ccc(CN)o2)o1. The van der Waals surface area contributed by atoms with Crippen LogP contribution in [-0.2, 0) is 19.6 Å². The average Bonchev–Trinajstić information content (AvgIpc) is 3.28. The van der Waals surface area contributed by atoms with Gasteiger partial charge in [0.2, 0.25) is 0 Å². The van der Waals surface area contributed by atoms with Crippen molar-refractivity contribution < 1.29 is 13.3 Å². The largest absolute Gasteiger partial charge is 0.463 e. The summed E-state index contributed by atoms with van der Waals surface area (Å²) in [5, 5.41) is 0. The fourth-order valence-corrected chi connectivity index (χ4v) is 2.40. The lowest BCUT2D eigenvalue weighted by molar-refractivity contribution is 0.376. The van der Waals surface area contributed by atoms with Gasteiger partial charge in [0.05, 0.1) is 19.6 Å². The Balaban J connectivity index is 2.04. The van der Waals surface area contributed by atoms with Crippen LogP contribution in [-0.4, -0.2) is 0 Å². The Kier molecular flexibility index (Phi) is 4.15. The number of nitrogens with two attached hydrogens (primary N) is 3. The molecule has 0 spiro atoms. The van der Waals surface area contributed by atoms with Crippen molar-refractivity contribution in [3.05, 3.63) is 71.0 Å². The molecule has 6 N–H and O–H groups in total. The Bertz CT molecular complexity index is 641. The molecular weight excluding hydrogens is 282 g/mol. The zero-order chi connectivity index (χ0) is 15.5. The number of hydrogen-bond donors (Lipinski definition) is 3. The first-order valence-electron chi connectivity index (χ1n) is 7.11. The van der Waals surface area contributed by atoms with Crippen LogP contribution in [0.1, 0.15) is 40.5 Å². The van der Waals surface area contributed by atoms with E-state index < -0.39 is 0 Å². The van der Waals surface area contributed by atoms with Crippen molar-refractivity contribution in [3.8, 4) is 0 Å². The van der Waals surface area contributed by atoms with E-state index in [0.717, 1.165) is 0 Å². The summed E-state index contributed by atoms with van der Waals surface area (Å²) in [7, 11) is 0. The summed E-state index contributed by atoms with van der Waals surface area (Å²) in [6.07, 6.45) is 0. The van der Waals surface area contributed by atoms with Crippen molar-refractivity contribution in [1.29, 1.82) is 0 Å².